The molecule has 1 aromatic carbocycles. The average molecular weight is 329 g/mol. The van der Waals surface area contributed by atoms with Gasteiger partial charge in [-0.05, 0) is 18.9 Å². The highest BCUT2D eigenvalue weighted by Gasteiger charge is 2.47. The Morgan fingerprint density at radius 1 is 1.29 bits per heavy atom. The number of ether oxygens (including phenoxy) is 1. The summed E-state index contributed by atoms with van der Waals surface area (Å²) in [6, 6.07) is 6.87. The van der Waals surface area contributed by atoms with Gasteiger partial charge in [-0.1, -0.05) is 38.0 Å². The molecule has 0 aromatic heterocycles. The smallest absolute Gasteiger partial charge is 0.290 e. The van der Waals surface area contributed by atoms with E-state index >= 15 is 0 Å². The van der Waals surface area contributed by atoms with Crippen molar-refractivity contribution in [2.75, 3.05) is 7.11 Å². The normalized spacial score (nSPS) is 21.7. The van der Waals surface area contributed by atoms with Gasteiger partial charge in [-0.3, -0.25) is 9.59 Å². The summed E-state index contributed by atoms with van der Waals surface area (Å²) in [5, 5.41) is 10.4. The van der Waals surface area contributed by atoms with Gasteiger partial charge in [0.25, 0.3) is 5.91 Å². The molecule has 24 heavy (non-hydrogen) atoms. The summed E-state index contributed by atoms with van der Waals surface area (Å²) < 4.78 is 5.45. The topological polar surface area (TPSA) is 66.8 Å². The summed E-state index contributed by atoms with van der Waals surface area (Å²) in [5.41, 5.74) is 0.958. The van der Waals surface area contributed by atoms with Gasteiger partial charge in [0.05, 0.1) is 18.7 Å². The fourth-order valence-corrected chi connectivity index (χ4v) is 3.86. The number of methoxy groups -OCH3 is 1. The van der Waals surface area contributed by atoms with Gasteiger partial charge >= 0.3 is 0 Å². The van der Waals surface area contributed by atoms with Crippen LogP contribution < -0.4 is 4.74 Å². The van der Waals surface area contributed by atoms with Gasteiger partial charge < -0.3 is 14.7 Å². The van der Waals surface area contributed by atoms with Crippen molar-refractivity contribution >= 4 is 11.7 Å². The molecule has 1 atom stereocenters. The van der Waals surface area contributed by atoms with Crippen molar-refractivity contribution in [1.29, 1.82) is 0 Å². The van der Waals surface area contributed by atoms with E-state index in [1.807, 2.05) is 24.3 Å². The molecule has 1 unspecified atom stereocenters. The first-order chi connectivity index (χ1) is 11.6. The molecule has 128 valence electrons. The van der Waals surface area contributed by atoms with E-state index in [-0.39, 0.29) is 23.8 Å². The summed E-state index contributed by atoms with van der Waals surface area (Å²) in [7, 11) is 1.57. The predicted octanol–water partition coefficient (Wildman–Crippen LogP) is 3.31. The van der Waals surface area contributed by atoms with Crippen LogP contribution in [0, 0.1) is 0 Å². The lowest BCUT2D eigenvalue weighted by atomic mass is 9.93. The Labute approximate surface area is 141 Å². The maximum Gasteiger partial charge on any atom is 0.290 e. The molecule has 0 saturated heterocycles. The second kappa shape index (κ2) is 6.67. The molecule has 1 N–H and O–H groups in total. The van der Waals surface area contributed by atoms with Gasteiger partial charge in [-0.25, -0.2) is 0 Å². The summed E-state index contributed by atoms with van der Waals surface area (Å²) >= 11 is 0. The quantitative estimate of drug-likeness (QED) is 0.900. The third-order valence-electron chi connectivity index (χ3n) is 5.02. The number of aliphatic hydroxyl groups is 1. The van der Waals surface area contributed by atoms with Crippen LogP contribution in [0.4, 0.5) is 0 Å². The van der Waals surface area contributed by atoms with E-state index < -0.39 is 17.7 Å². The minimum absolute atomic E-state index is 0.0525. The maximum atomic E-state index is 12.7. The number of aliphatic hydroxyl groups excluding tert-OH is 1. The lowest BCUT2D eigenvalue weighted by Gasteiger charge is -2.32. The van der Waals surface area contributed by atoms with E-state index in [2.05, 4.69) is 0 Å². The molecule has 1 aliphatic heterocycles. The molecule has 0 spiro atoms. The van der Waals surface area contributed by atoms with E-state index in [9.17, 15) is 14.7 Å². The average Bonchev–Trinajstić information content (AvgIpc) is 3.21. The number of benzene rings is 1. The first-order valence-corrected chi connectivity index (χ1v) is 8.52. The monoisotopic (exact) mass is 329 g/mol. The zero-order chi connectivity index (χ0) is 17.3. The minimum Gasteiger partial charge on any atom is -0.503 e. The Kier molecular flexibility index (Phi) is 4.60. The van der Waals surface area contributed by atoms with Gasteiger partial charge in [0.1, 0.15) is 5.75 Å². The zero-order valence-electron chi connectivity index (χ0n) is 14.1. The van der Waals surface area contributed by atoms with Crippen LogP contribution in [0.25, 0.3) is 0 Å². The highest BCUT2D eigenvalue weighted by molar-refractivity contribution is 6.09. The highest BCUT2D eigenvalue weighted by atomic mass is 16.5. The van der Waals surface area contributed by atoms with E-state index in [1.165, 1.54) is 0 Å². The van der Waals surface area contributed by atoms with Crippen molar-refractivity contribution in [3.05, 3.63) is 41.2 Å². The Morgan fingerprint density at radius 3 is 2.58 bits per heavy atom. The third kappa shape index (κ3) is 2.58. The molecule has 1 aliphatic carbocycles. The molecule has 2 aliphatic rings. The number of carbonyl (C=O) groups is 2. The molecule has 1 fully saturated rings. The standard InChI is InChI=1S/C19H23NO4/c1-3-14(21)16-17(13-10-6-7-11-15(13)24-2)20(19(23)18(16)22)12-8-4-5-9-12/h6-7,10-12,17,22H,3-5,8-9H2,1-2H3. The van der Waals surface area contributed by atoms with Crippen molar-refractivity contribution in [1.82, 2.24) is 4.90 Å². The summed E-state index contributed by atoms with van der Waals surface area (Å²) in [6.07, 6.45) is 4.17. The first kappa shape index (κ1) is 16.6. The largest absolute Gasteiger partial charge is 0.503 e. The molecule has 1 aromatic rings. The number of ketones is 1. The van der Waals surface area contributed by atoms with E-state index in [1.54, 1.807) is 18.9 Å². The fraction of sp³-hybridized carbons (Fsp3) is 0.474. The van der Waals surface area contributed by atoms with Crippen LogP contribution in [0.2, 0.25) is 0 Å². The van der Waals surface area contributed by atoms with E-state index in [0.717, 1.165) is 31.2 Å². The number of amides is 1. The van der Waals surface area contributed by atoms with Gasteiger partial charge in [0.2, 0.25) is 0 Å². The van der Waals surface area contributed by atoms with Crippen LogP contribution in [0.5, 0.6) is 5.75 Å². The minimum atomic E-state index is -0.566. The lowest BCUT2D eigenvalue weighted by Crippen LogP contribution is -2.38. The van der Waals surface area contributed by atoms with Gasteiger partial charge in [-0.2, -0.15) is 0 Å². The second-order valence-corrected chi connectivity index (χ2v) is 6.33. The number of nitrogens with zero attached hydrogens (tertiary/aromatic N) is 1. The molecular formula is C19H23NO4. The molecule has 3 rings (SSSR count). The SMILES string of the molecule is CCC(=O)C1=C(O)C(=O)N(C2CCCC2)C1c1ccccc1OC. The van der Waals surface area contributed by atoms with Gasteiger partial charge in [0, 0.05) is 18.0 Å². The summed E-state index contributed by atoms with van der Waals surface area (Å²) in [6.45, 7) is 1.74. The lowest BCUT2D eigenvalue weighted by molar-refractivity contribution is -0.131. The van der Waals surface area contributed by atoms with Crippen molar-refractivity contribution < 1.29 is 19.4 Å². The molecule has 0 bridgehead atoms. The molecule has 5 heteroatoms. The second-order valence-electron chi connectivity index (χ2n) is 6.33. The summed E-state index contributed by atoms with van der Waals surface area (Å²) in [5.74, 6) is -0.411. The number of para-hydroxylation sites is 1. The van der Waals surface area contributed by atoms with E-state index in [4.69, 9.17) is 4.74 Å². The van der Waals surface area contributed by atoms with Crippen LogP contribution >= 0.6 is 0 Å². The number of carbonyl (C=O) groups excluding carboxylic acids is 2. The molecule has 0 radical (unpaired) electrons. The number of rotatable bonds is 5. The molecule has 5 nitrogen and oxygen atoms in total. The fourth-order valence-electron chi connectivity index (χ4n) is 3.86. The first-order valence-electron chi connectivity index (χ1n) is 8.52. The highest BCUT2D eigenvalue weighted by Crippen LogP contribution is 2.45. The Bertz CT molecular complexity index is 688. The molecular weight excluding hydrogens is 306 g/mol. The van der Waals surface area contributed by atoms with Crippen molar-refractivity contribution in [2.45, 2.75) is 51.1 Å². The Morgan fingerprint density at radius 2 is 1.96 bits per heavy atom. The number of hydrogen-bond acceptors (Lipinski definition) is 4. The number of Topliss-reactive ketones (excluding diaryl/α,β-unsaturated/α-hetero) is 1. The van der Waals surface area contributed by atoms with Gasteiger partial charge in [0.15, 0.2) is 11.5 Å². The van der Waals surface area contributed by atoms with Crippen LogP contribution in [-0.4, -0.2) is 34.8 Å². The Hall–Kier alpha value is -2.30. The molecule has 1 heterocycles. The van der Waals surface area contributed by atoms with Gasteiger partial charge in [-0.15, -0.1) is 0 Å². The summed E-state index contributed by atoms with van der Waals surface area (Å²) in [4.78, 5) is 26.9. The zero-order valence-corrected chi connectivity index (χ0v) is 14.1. The van der Waals surface area contributed by atoms with E-state index in [0.29, 0.717) is 5.75 Å². The molecule has 1 amide bonds. The van der Waals surface area contributed by atoms with Crippen LogP contribution in [0.15, 0.2) is 35.6 Å². The predicted molar refractivity (Wildman–Crippen MR) is 89.8 cm³/mol. The van der Waals surface area contributed by atoms with Crippen molar-refractivity contribution in [3.63, 3.8) is 0 Å². The van der Waals surface area contributed by atoms with Crippen molar-refractivity contribution in [3.8, 4) is 5.75 Å². The number of hydrogen-bond donors (Lipinski definition) is 1. The van der Waals surface area contributed by atoms with Crippen LogP contribution in [-0.2, 0) is 9.59 Å². The molecule has 1 saturated carbocycles. The third-order valence-corrected chi connectivity index (χ3v) is 5.02. The maximum absolute atomic E-state index is 12.7. The van der Waals surface area contributed by atoms with Crippen LogP contribution in [0.1, 0.15) is 50.6 Å². The Balaban J connectivity index is 2.13. The van der Waals surface area contributed by atoms with Crippen LogP contribution in [0.3, 0.4) is 0 Å². The van der Waals surface area contributed by atoms with Crippen molar-refractivity contribution in [2.24, 2.45) is 0 Å².